The first-order chi connectivity index (χ1) is 10.5. The van der Waals surface area contributed by atoms with Gasteiger partial charge in [-0.05, 0) is 25.0 Å². The highest BCUT2D eigenvalue weighted by Gasteiger charge is 2.26. The zero-order valence-corrected chi connectivity index (χ0v) is 13.0. The average molecular weight is 321 g/mol. The topological polar surface area (TPSA) is 71.0 Å². The number of halogens is 1. The number of piperidine rings is 1. The summed E-state index contributed by atoms with van der Waals surface area (Å²) in [7, 11) is 1.59. The molecule has 0 saturated carbocycles. The van der Waals surface area contributed by atoms with Crippen molar-refractivity contribution in [2.24, 2.45) is 7.05 Å². The maximum atomic E-state index is 12.4. The largest absolute Gasteiger partial charge is 0.337 e. The number of aromatic nitrogens is 3. The zero-order valence-electron chi connectivity index (χ0n) is 12.3. The Labute approximate surface area is 132 Å². The van der Waals surface area contributed by atoms with Crippen LogP contribution in [0.4, 0.5) is 0 Å². The van der Waals surface area contributed by atoms with Crippen LogP contribution in [0.5, 0.6) is 0 Å². The molecule has 3 heterocycles. The second-order valence-electron chi connectivity index (χ2n) is 5.53. The Morgan fingerprint density at radius 2 is 2.09 bits per heavy atom. The molecule has 1 aliphatic rings. The number of rotatable bonds is 2. The normalized spacial score (nSPS) is 16.0. The van der Waals surface area contributed by atoms with Gasteiger partial charge in [-0.3, -0.25) is 24.4 Å². The fourth-order valence-electron chi connectivity index (χ4n) is 2.78. The third-order valence-corrected chi connectivity index (χ3v) is 4.29. The first-order valence-electron chi connectivity index (χ1n) is 7.21. The highest BCUT2D eigenvalue weighted by atomic mass is 35.5. The van der Waals surface area contributed by atoms with E-state index in [2.05, 4.69) is 10.1 Å². The van der Waals surface area contributed by atoms with E-state index in [1.54, 1.807) is 18.1 Å². The lowest BCUT2D eigenvalue weighted by molar-refractivity contribution is 0.0705. The van der Waals surface area contributed by atoms with Crippen LogP contribution in [0.1, 0.15) is 34.9 Å². The van der Waals surface area contributed by atoms with Gasteiger partial charge in [-0.1, -0.05) is 11.6 Å². The molecule has 6 nitrogen and oxygen atoms in total. The molecule has 0 atom stereocenters. The molecule has 7 heteroatoms. The van der Waals surface area contributed by atoms with Gasteiger partial charge in [0, 0.05) is 44.0 Å². The quantitative estimate of drug-likeness (QED) is 0.917. The first-order valence-corrected chi connectivity index (χ1v) is 7.59. The van der Waals surface area contributed by atoms with Gasteiger partial charge in [0.05, 0.1) is 5.02 Å². The molecule has 0 aromatic carbocycles. The van der Waals surface area contributed by atoms with Gasteiger partial charge >= 0.3 is 0 Å². The number of aromatic amines is 1. The van der Waals surface area contributed by atoms with Crippen LogP contribution < -0.4 is 5.56 Å². The van der Waals surface area contributed by atoms with Crippen molar-refractivity contribution in [1.82, 2.24) is 19.7 Å². The Morgan fingerprint density at radius 1 is 1.36 bits per heavy atom. The van der Waals surface area contributed by atoms with Gasteiger partial charge in [0.15, 0.2) is 0 Å². The van der Waals surface area contributed by atoms with Crippen molar-refractivity contribution in [1.29, 1.82) is 0 Å². The fourth-order valence-corrected chi connectivity index (χ4v) is 2.89. The van der Waals surface area contributed by atoms with Crippen molar-refractivity contribution in [3.05, 3.63) is 51.2 Å². The number of hydrogen-bond acceptors (Lipinski definition) is 3. The van der Waals surface area contributed by atoms with E-state index in [1.165, 1.54) is 10.7 Å². The second kappa shape index (κ2) is 5.96. The van der Waals surface area contributed by atoms with Crippen LogP contribution in [0.3, 0.4) is 0 Å². The molecular weight excluding hydrogens is 304 g/mol. The minimum absolute atomic E-state index is 0.125. The zero-order chi connectivity index (χ0) is 15.7. The minimum atomic E-state index is -0.205. The summed E-state index contributed by atoms with van der Waals surface area (Å²) in [6, 6.07) is 5.13. The average Bonchev–Trinajstić information content (AvgIpc) is 2.87. The number of pyridine rings is 1. The SMILES string of the molecule is Cn1[nH]c(C(=O)N2CCC(c3ccc(Cl)cn3)CC2)cc1=O. The van der Waals surface area contributed by atoms with Gasteiger partial charge in [-0.2, -0.15) is 0 Å². The maximum absolute atomic E-state index is 12.4. The summed E-state index contributed by atoms with van der Waals surface area (Å²) in [5, 5.41) is 3.41. The lowest BCUT2D eigenvalue weighted by atomic mass is 9.93. The molecule has 1 N–H and O–H groups in total. The van der Waals surface area contributed by atoms with E-state index in [0.29, 0.717) is 29.7 Å². The van der Waals surface area contributed by atoms with E-state index in [0.717, 1.165) is 18.5 Å². The molecule has 0 bridgehead atoms. The molecule has 0 unspecified atom stereocenters. The third kappa shape index (κ3) is 2.92. The van der Waals surface area contributed by atoms with Crippen LogP contribution in [0.2, 0.25) is 5.02 Å². The third-order valence-electron chi connectivity index (χ3n) is 4.07. The molecule has 0 radical (unpaired) electrons. The summed E-state index contributed by atoms with van der Waals surface area (Å²) < 4.78 is 1.30. The molecule has 0 spiro atoms. The van der Waals surface area contributed by atoms with Gasteiger partial charge in [0.2, 0.25) is 0 Å². The molecule has 2 aromatic rings. The molecular formula is C15H17ClN4O2. The molecule has 1 aliphatic heterocycles. The van der Waals surface area contributed by atoms with Crippen molar-refractivity contribution in [3.8, 4) is 0 Å². The van der Waals surface area contributed by atoms with E-state index in [9.17, 15) is 9.59 Å². The molecule has 2 aromatic heterocycles. The highest BCUT2D eigenvalue weighted by molar-refractivity contribution is 6.30. The Balaban J connectivity index is 1.65. The van der Waals surface area contributed by atoms with Crippen LogP contribution in [-0.2, 0) is 7.05 Å². The summed E-state index contributed by atoms with van der Waals surface area (Å²) in [6.07, 6.45) is 3.37. The van der Waals surface area contributed by atoms with E-state index in [1.807, 2.05) is 12.1 Å². The summed E-state index contributed by atoms with van der Waals surface area (Å²) in [4.78, 5) is 29.9. The first kappa shape index (κ1) is 14.8. The van der Waals surface area contributed by atoms with Gasteiger partial charge in [-0.25, -0.2) is 0 Å². The van der Waals surface area contributed by atoms with Gasteiger partial charge in [0.25, 0.3) is 11.5 Å². The summed E-state index contributed by atoms with van der Waals surface area (Å²) in [5.41, 5.74) is 1.16. The molecule has 3 rings (SSSR count). The van der Waals surface area contributed by atoms with Crippen molar-refractivity contribution in [2.45, 2.75) is 18.8 Å². The van der Waals surface area contributed by atoms with E-state index in [-0.39, 0.29) is 11.5 Å². The molecule has 22 heavy (non-hydrogen) atoms. The van der Waals surface area contributed by atoms with Crippen LogP contribution in [0.25, 0.3) is 0 Å². The minimum Gasteiger partial charge on any atom is -0.337 e. The van der Waals surface area contributed by atoms with Gasteiger partial charge in [0.1, 0.15) is 5.69 Å². The lowest BCUT2D eigenvalue weighted by Crippen LogP contribution is -2.38. The van der Waals surface area contributed by atoms with Crippen LogP contribution in [-0.4, -0.2) is 38.7 Å². The number of aryl methyl sites for hydroxylation is 1. The Morgan fingerprint density at radius 3 is 2.64 bits per heavy atom. The predicted molar refractivity (Wildman–Crippen MR) is 83.2 cm³/mol. The van der Waals surface area contributed by atoms with Crippen LogP contribution in [0, 0.1) is 0 Å². The molecule has 1 saturated heterocycles. The Bertz CT molecular complexity index is 727. The van der Waals surface area contributed by atoms with Gasteiger partial charge in [-0.15, -0.1) is 0 Å². The van der Waals surface area contributed by atoms with E-state index in [4.69, 9.17) is 11.6 Å². The highest BCUT2D eigenvalue weighted by Crippen LogP contribution is 2.27. The lowest BCUT2D eigenvalue weighted by Gasteiger charge is -2.31. The Hall–Kier alpha value is -2.08. The molecule has 1 fully saturated rings. The van der Waals surface area contributed by atoms with E-state index >= 15 is 0 Å². The number of carbonyl (C=O) groups excluding carboxylic acids is 1. The van der Waals surface area contributed by atoms with Crippen LogP contribution in [0.15, 0.2) is 29.2 Å². The molecule has 116 valence electrons. The van der Waals surface area contributed by atoms with E-state index < -0.39 is 0 Å². The number of nitrogens with one attached hydrogen (secondary N) is 1. The monoisotopic (exact) mass is 320 g/mol. The summed E-state index contributed by atoms with van der Waals surface area (Å²) in [5.74, 6) is 0.219. The fraction of sp³-hybridized carbons (Fsp3) is 0.400. The van der Waals surface area contributed by atoms with Crippen molar-refractivity contribution < 1.29 is 4.79 Å². The van der Waals surface area contributed by atoms with Crippen LogP contribution >= 0.6 is 11.6 Å². The molecule has 0 aliphatic carbocycles. The smallest absolute Gasteiger partial charge is 0.271 e. The maximum Gasteiger partial charge on any atom is 0.271 e. The number of H-pyrrole nitrogens is 1. The van der Waals surface area contributed by atoms with Crippen molar-refractivity contribution >= 4 is 17.5 Å². The standard InChI is InChI=1S/C15H17ClN4O2/c1-19-14(21)8-13(18-19)15(22)20-6-4-10(5-7-20)12-3-2-11(16)9-17-12/h2-3,8-10,18H,4-7H2,1H3. The summed E-state index contributed by atoms with van der Waals surface area (Å²) in [6.45, 7) is 1.31. The number of nitrogens with zero attached hydrogens (tertiary/aromatic N) is 3. The summed E-state index contributed by atoms with van der Waals surface area (Å²) >= 11 is 5.85. The predicted octanol–water partition coefficient (Wildman–Crippen LogP) is 1.78. The Kier molecular flexibility index (Phi) is 4.02. The van der Waals surface area contributed by atoms with Crippen molar-refractivity contribution in [3.63, 3.8) is 0 Å². The number of carbonyl (C=O) groups is 1. The van der Waals surface area contributed by atoms with Crippen molar-refractivity contribution in [2.75, 3.05) is 13.1 Å². The number of likely N-dealkylation sites (tertiary alicyclic amines) is 1. The number of amides is 1. The van der Waals surface area contributed by atoms with Gasteiger partial charge < -0.3 is 4.90 Å². The number of hydrogen-bond donors (Lipinski definition) is 1. The second-order valence-corrected chi connectivity index (χ2v) is 5.97. The molecule has 1 amide bonds.